The second-order valence-corrected chi connectivity index (χ2v) is 8.87. The average molecular weight is 547 g/mol. The number of hydrogen-bond donors (Lipinski definition) is 0. The van der Waals surface area contributed by atoms with E-state index in [4.69, 9.17) is 4.74 Å². The summed E-state index contributed by atoms with van der Waals surface area (Å²) in [6, 6.07) is 13.1. The predicted octanol–water partition coefficient (Wildman–Crippen LogP) is 8.42. The van der Waals surface area contributed by atoms with Gasteiger partial charge in [-0.05, 0) is 66.1 Å². The number of rotatable bonds is 3. The minimum Gasteiger partial charge on any atom is -0.457 e. The molecule has 2 nitrogen and oxygen atoms in total. The quantitative estimate of drug-likeness (QED) is 0.214. The Kier molecular flexibility index (Phi) is 9.22. The van der Waals surface area contributed by atoms with Crippen molar-refractivity contribution in [1.82, 2.24) is 0 Å². The fraction of sp³-hybridized carbons (Fsp3) is 0.138. The van der Waals surface area contributed by atoms with Crippen molar-refractivity contribution in [3.8, 4) is 0 Å². The molecule has 0 saturated heterocycles. The Morgan fingerprint density at radius 2 is 1.28 bits per heavy atom. The van der Waals surface area contributed by atoms with Crippen LogP contribution in [0, 0.1) is 6.92 Å². The Bertz CT molecular complexity index is 1380. The fourth-order valence-corrected chi connectivity index (χ4v) is 3.54. The van der Waals surface area contributed by atoms with E-state index >= 15 is 0 Å². The van der Waals surface area contributed by atoms with Gasteiger partial charge >= 0.3 is 13.4 Å². The highest BCUT2D eigenvalue weighted by molar-refractivity contribution is 6.50. The van der Waals surface area contributed by atoms with Crippen molar-refractivity contribution in [1.29, 1.82) is 0 Å². The van der Waals surface area contributed by atoms with E-state index in [9.17, 15) is 30.4 Å². The van der Waals surface area contributed by atoms with E-state index in [0.29, 0.717) is 17.1 Å². The van der Waals surface area contributed by atoms with Crippen LogP contribution in [0.1, 0.15) is 22.3 Å². The van der Waals surface area contributed by atoms with Gasteiger partial charge in [-0.2, -0.15) is 13.2 Å². The van der Waals surface area contributed by atoms with Crippen LogP contribution >= 0.6 is 0 Å². The number of nitrogens with zero attached hydrogens (tertiary/aromatic N) is 1. The normalized spacial score (nSPS) is 16.2. The van der Waals surface area contributed by atoms with Crippen molar-refractivity contribution in [3.05, 3.63) is 131 Å². The van der Waals surface area contributed by atoms with Gasteiger partial charge in [-0.25, -0.2) is 4.58 Å². The monoisotopic (exact) mass is 547 g/mol. The summed E-state index contributed by atoms with van der Waals surface area (Å²) in [7, 11) is -2.02. The third-order valence-corrected chi connectivity index (χ3v) is 5.54. The molecule has 2 aromatic rings. The summed E-state index contributed by atoms with van der Waals surface area (Å²) in [5.74, 6) is 1.24. The molecule has 0 saturated carbocycles. The van der Waals surface area contributed by atoms with Crippen LogP contribution in [0.5, 0.6) is 0 Å². The Balaban J connectivity index is 0.000000771. The molecule has 0 unspecified atom stereocenters. The third-order valence-electron chi connectivity index (χ3n) is 5.54. The van der Waals surface area contributed by atoms with Crippen LogP contribution in [0.15, 0.2) is 108 Å². The number of benzene rings is 2. The zero-order chi connectivity index (χ0) is 28.8. The van der Waals surface area contributed by atoms with Gasteiger partial charge in [0.15, 0.2) is 5.71 Å². The van der Waals surface area contributed by atoms with E-state index in [1.807, 2.05) is 98.5 Å². The van der Waals surface area contributed by atoms with E-state index in [1.165, 1.54) is 12.1 Å². The van der Waals surface area contributed by atoms with E-state index < -0.39 is 19.0 Å². The van der Waals surface area contributed by atoms with Crippen LogP contribution in [0.4, 0.5) is 30.4 Å². The first-order valence-corrected chi connectivity index (χ1v) is 11.7. The van der Waals surface area contributed by atoms with Gasteiger partial charge in [-0.1, -0.05) is 48.0 Å². The summed E-state index contributed by atoms with van der Waals surface area (Å²) in [6.07, 6.45) is 11.3. The molecule has 0 amide bonds. The van der Waals surface area contributed by atoms with Gasteiger partial charge in [0.05, 0.1) is 5.56 Å². The Morgan fingerprint density at radius 1 is 0.744 bits per heavy atom. The Labute approximate surface area is 222 Å². The highest BCUT2D eigenvalue weighted by atomic mass is 19.5. The second-order valence-electron chi connectivity index (χ2n) is 8.87. The summed E-state index contributed by atoms with van der Waals surface area (Å²) in [5.41, 5.74) is 4.93. The van der Waals surface area contributed by atoms with E-state index in [2.05, 4.69) is 0 Å². The molecule has 10 heteroatoms. The SMILES string of the molecule is Cc1ccc(C2=CC(c3ccc(C(F)(F)F)cc3)=CC(=CC=C3C=CC(=[N+](C)C)C=C3)O2)cc1.F[B-](F)(F)F. The summed E-state index contributed by atoms with van der Waals surface area (Å²) in [6.45, 7) is 2.01. The molecule has 39 heavy (non-hydrogen) atoms. The molecule has 0 fully saturated rings. The molecule has 4 rings (SSSR count). The largest absolute Gasteiger partial charge is 0.673 e. The molecule has 2 aliphatic rings. The maximum absolute atomic E-state index is 13.0. The maximum atomic E-state index is 13.0. The van der Waals surface area contributed by atoms with Crippen LogP contribution in [-0.2, 0) is 10.9 Å². The Hall–Kier alpha value is -4.08. The van der Waals surface area contributed by atoms with Gasteiger partial charge in [0.1, 0.15) is 25.6 Å². The molecule has 0 spiro atoms. The molecule has 0 aromatic heterocycles. The van der Waals surface area contributed by atoms with Gasteiger partial charge in [-0.3, -0.25) is 0 Å². The number of allylic oxidation sites excluding steroid dienone is 10. The molecule has 0 atom stereocenters. The summed E-state index contributed by atoms with van der Waals surface area (Å²) in [4.78, 5) is 0. The first-order valence-electron chi connectivity index (χ1n) is 11.7. The zero-order valence-corrected chi connectivity index (χ0v) is 21.3. The molecular formula is C29H25BF7NO. The molecule has 2 aromatic carbocycles. The van der Waals surface area contributed by atoms with Gasteiger partial charge in [-0.15, -0.1) is 0 Å². The molecule has 0 N–H and O–H groups in total. The van der Waals surface area contributed by atoms with E-state index in [0.717, 1.165) is 40.1 Å². The lowest BCUT2D eigenvalue weighted by atomic mass is 9.99. The van der Waals surface area contributed by atoms with Crippen molar-refractivity contribution in [3.63, 3.8) is 0 Å². The molecule has 0 bridgehead atoms. The summed E-state index contributed by atoms with van der Waals surface area (Å²) < 4.78 is 86.2. The van der Waals surface area contributed by atoms with Crippen molar-refractivity contribution in [2.24, 2.45) is 0 Å². The minimum absolute atomic E-state index is 0.602. The number of ether oxygens (including phenoxy) is 1. The van der Waals surface area contributed by atoms with E-state index in [-0.39, 0.29) is 0 Å². The number of hydrogen-bond acceptors (Lipinski definition) is 1. The smallest absolute Gasteiger partial charge is 0.457 e. The number of aryl methyl sites for hydroxylation is 1. The predicted molar refractivity (Wildman–Crippen MR) is 141 cm³/mol. The lowest BCUT2D eigenvalue weighted by Gasteiger charge is -2.19. The second kappa shape index (κ2) is 12.2. The Morgan fingerprint density at radius 3 is 1.79 bits per heavy atom. The standard InChI is InChI=1S/C29H25F3NO.BF4/c1-20-4-9-23(10-5-20)28-19-24(22-11-13-25(14-12-22)29(30,31)32)18-27(34-28)17-8-21-6-15-26(16-7-21)33(2)3;2-1(3,4)5/h4-19H,1-3H3;/q+1;-1. The zero-order valence-electron chi connectivity index (χ0n) is 21.3. The molecular weight excluding hydrogens is 522 g/mol. The first kappa shape index (κ1) is 29.5. The van der Waals surface area contributed by atoms with Crippen molar-refractivity contribution >= 4 is 24.3 Å². The van der Waals surface area contributed by atoms with Crippen molar-refractivity contribution < 1.29 is 39.7 Å². The molecule has 1 heterocycles. The van der Waals surface area contributed by atoms with Crippen molar-refractivity contribution in [2.45, 2.75) is 13.1 Å². The lowest BCUT2D eigenvalue weighted by Crippen LogP contribution is -2.09. The van der Waals surface area contributed by atoms with Crippen LogP contribution in [0.3, 0.4) is 0 Å². The summed E-state index contributed by atoms with van der Waals surface area (Å²) >= 11 is 0. The van der Waals surface area contributed by atoms with Gasteiger partial charge < -0.3 is 22.0 Å². The van der Waals surface area contributed by atoms with Crippen LogP contribution in [0.2, 0.25) is 0 Å². The summed E-state index contributed by atoms with van der Waals surface area (Å²) in [5, 5.41) is 0. The van der Waals surface area contributed by atoms with Gasteiger partial charge in [0.2, 0.25) is 0 Å². The van der Waals surface area contributed by atoms with Crippen molar-refractivity contribution in [2.75, 3.05) is 14.1 Å². The fourth-order valence-electron chi connectivity index (χ4n) is 3.54. The highest BCUT2D eigenvalue weighted by Gasteiger charge is 2.30. The topological polar surface area (TPSA) is 12.2 Å². The van der Waals surface area contributed by atoms with Crippen LogP contribution in [-0.4, -0.2) is 31.6 Å². The van der Waals surface area contributed by atoms with Gasteiger partial charge in [0.25, 0.3) is 0 Å². The average Bonchev–Trinajstić information content (AvgIpc) is 2.86. The molecule has 204 valence electrons. The number of alkyl halides is 3. The first-order chi connectivity index (χ1) is 18.2. The minimum atomic E-state index is -6.00. The van der Waals surface area contributed by atoms with E-state index in [1.54, 1.807) is 0 Å². The molecule has 1 aliphatic heterocycles. The third kappa shape index (κ3) is 9.32. The molecule has 1 aliphatic carbocycles. The highest BCUT2D eigenvalue weighted by Crippen LogP contribution is 2.34. The van der Waals surface area contributed by atoms with Crippen LogP contribution in [0.25, 0.3) is 11.3 Å². The van der Waals surface area contributed by atoms with Gasteiger partial charge in [0, 0.05) is 17.7 Å². The maximum Gasteiger partial charge on any atom is 0.673 e. The molecule has 0 radical (unpaired) electrons. The lowest BCUT2D eigenvalue weighted by molar-refractivity contribution is -0.462. The number of halogens is 7. The van der Waals surface area contributed by atoms with Crippen LogP contribution < -0.4 is 0 Å².